The monoisotopic (exact) mass is 445 g/mol. The molecule has 1 aliphatic heterocycles. The van der Waals surface area contributed by atoms with Crippen LogP contribution in [0.4, 0.5) is 22.9 Å². The van der Waals surface area contributed by atoms with Gasteiger partial charge in [0, 0.05) is 35.9 Å². The molecule has 0 radical (unpaired) electrons. The third-order valence-electron chi connectivity index (χ3n) is 5.56. The standard InChI is InChI=1S/C24H23N5O2S/c30-32(31,23-9-5-7-18-6-1-2-8-22(18)23)28-20-12-10-19(11-13-20)26-24-16-21(17-25-27-24)29-14-3-4-15-29/h1-2,5-13,16-17,28H,3-4,14-15H2,(H,26,27). The lowest BCUT2D eigenvalue weighted by atomic mass is 10.1. The Morgan fingerprint density at radius 3 is 2.38 bits per heavy atom. The topological polar surface area (TPSA) is 87.2 Å². The van der Waals surface area contributed by atoms with Crippen molar-refractivity contribution in [3.05, 3.63) is 79.0 Å². The van der Waals surface area contributed by atoms with Crippen LogP contribution in [0.25, 0.3) is 10.8 Å². The number of benzene rings is 3. The average Bonchev–Trinajstić information content (AvgIpc) is 3.35. The molecule has 1 aromatic heterocycles. The van der Waals surface area contributed by atoms with Crippen molar-refractivity contribution in [1.29, 1.82) is 0 Å². The van der Waals surface area contributed by atoms with Gasteiger partial charge in [0.15, 0.2) is 5.82 Å². The highest BCUT2D eigenvalue weighted by atomic mass is 32.2. The van der Waals surface area contributed by atoms with E-state index in [0.29, 0.717) is 16.9 Å². The van der Waals surface area contributed by atoms with E-state index >= 15 is 0 Å². The van der Waals surface area contributed by atoms with Crippen molar-refractivity contribution in [2.24, 2.45) is 0 Å². The summed E-state index contributed by atoms with van der Waals surface area (Å²) >= 11 is 0. The lowest BCUT2D eigenvalue weighted by molar-refractivity contribution is 0.602. The van der Waals surface area contributed by atoms with Crippen LogP contribution in [-0.4, -0.2) is 31.7 Å². The molecule has 5 rings (SSSR count). The van der Waals surface area contributed by atoms with E-state index in [1.54, 1.807) is 30.5 Å². The quantitative estimate of drug-likeness (QED) is 0.444. The Hall–Kier alpha value is -3.65. The second-order valence-corrected chi connectivity index (χ2v) is 9.43. The van der Waals surface area contributed by atoms with E-state index < -0.39 is 10.0 Å². The average molecular weight is 446 g/mol. The summed E-state index contributed by atoms with van der Waals surface area (Å²) in [6.45, 7) is 2.08. The Balaban J connectivity index is 1.32. The summed E-state index contributed by atoms with van der Waals surface area (Å²) in [6.07, 6.45) is 4.17. The second-order valence-electron chi connectivity index (χ2n) is 7.78. The zero-order valence-electron chi connectivity index (χ0n) is 17.4. The molecular weight excluding hydrogens is 422 g/mol. The van der Waals surface area contributed by atoms with Gasteiger partial charge < -0.3 is 10.2 Å². The number of fused-ring (bicyclic) bond motifs is 1. The number of sulfonamides is 1. The molecule has 0 saturated carbocycles. The Morgan fingerprint density at radius 2 is 1.56 bits per heavy atom. The molecule has 2 N–H and O–H groups in total. The van der Waals surface area contributed by atoms with E-state index in [-0.39, 0.29) is 4.90 Å². The first-order valence-corrected chi connectivity index (χ1v) is 12.0. The van der Waals surface area contributed by atoms with Gasteiger partial charge in [-0.25, -0.2) is 8.42 Å². The zero-order valence-corrected chi connectivity index (χ0v) is 18.2. The first kappa shape index (κ1) is 20.3. The van der Waals surface area contributed by atoms with E-state index in [4.69, 9.17) is 0 Å². The van der Waals surface area contributed by atoms with Crippen molar-refractivity contribution in [2.45, 2.75) is 17.7 Å². The van der Waals surface area contributed by atoms with Gasteiger partial charge in [-0.05, 0) is 48.6 Å². The molecule has 1 fully saturated rings. The van der Waals surface area contributed by atoms with Crippen LogP contribution in [0.15, 0.2) is 83.9 Å². The minimum atomic E-state index is -3.73. The zero-order chi connectivity index (χ0) is 22.0. The maximum Gasteiger partial charge on any atom is 0.262 e. The first-order valence-electron chi connectivity index (χ1n) is 10.5. The molecule has 8 heteroatoms. The maximum absolute atomic E-state index is 13.0. The number of aromatic nitrogens is 2. The predicted molar refractivity (Wildman–Crippen MR) is 128 cm³/mol. The van der Waals surface area contributed by atoms with Gasteiger partial charge in [-0.2, -0.15) is 5.10 Å². The van der Waals surface area contributed by atoms with Gasteiger partial charge in [-0.1, -0.05) is 36.4 Å². The van der Waals surface area contributed by atoms with Crippen molar-refractivity contribution in [3.63, 3.8) is 0 Å². The van der Waals surface area contributed by atoms with Crippen LogP contribution in [0.2, 0.25) is 0 Å². The predicted octanol–water partition coefficient (Wildman–Crippen LogP) is 4.77. The van der Waals surface area contributed by atoms with E-state index in [9.17, 15) is 8.42 Å². The van der Waals surface area contributed by atoms with Gasteiger partial charge in [0.25, 0.3) is 10.0 Å². The fourth-order valence-electron chi connectivity index (χ4n) is 3.98. The maximum atomic E-state index is 13.0. The molecule has 0 atom stereocenters. The van der Waals surface area contributed by atoms with Gasteiger partial charge in [0.1, 0.15) is 0 Å². The molecule has 32 heavy (non-hydrogen) atoms. The largest absolute Gasteiger partial charge is 0.370 e. The van der Waals surface area contributed by atoms with Gasteiger partial charge >= 0.3 is 0 Å². The van der Waals surface area contributed by atoms with Crippen molar-refractivity contribution < 1.29 is 8.42 Å². The third kappa shape index (κ3) is 4.22. The number of anilines is 4. The van der Waals surface area contributed by atoms with Crippen LogP contribution in [0.1, 0.15) is 12.8 Å². The fourth-order valence-corrected chi connectivity index (χ4v) is 5.26. The SMILES string of the molecule is O=S(=O)(Nc1ccc(Nc2cc(N3CCCC3)cnn2)cc1)c1cccc2ccccc12. The summed E-state index contributed by atoms with van der Waals surface area (Å²) in [5, 5.41) is 13.1. The highest BCUT2D eigenvalue weighted by molar-refractivity contribution is 7.93. The molecule has 162 valence electrons. The van der Waals surface area contributed by atoms with Crippen LogP contribution in [-0.2, 0) is 10.0 Å². The highest BCUT2D eigenvalue weighted by Crippen LogP contribution is 2.26. The molecule has 1 saturated heterocycles. The first-order chi connectivity index (χ1) is 15.6. The summed E-state index contributed by atoms with van der Waals surface area (Å²) in [7, 11) is -3.73. The van der Waals surface area contributed by atoms with E-state index in [1.165, 1.54) is 12.8 Å². The van der Waals surface area contributed by atoms with Crippen LogP contribution >= 0.6 is 0 Å². The van der Waals surface area contributed by atoms with E-state index in [1.807, 2.05) is 48.5 Å². The normalized spacial score (nSPS) is 13.9. The molecule has 4 aromatic rings. The Morgan fingerprint density at radius 1 is 0.844 bits per heavy atom. The molecule has 0 aliphatic carbocycles. The molecule has 0 unspecified atom stereocenters. The fraction of sp³-hybridized carbons (Fsp3) is 0.167. The lowest BCUT2D eigenvalue weighted by Crippen LogP contribution is -2.18. The van der Waals surface area contributed by atoms with Crippen molar-refractivity contribution in [1.82, 2.24) is 10.2 Å². The second kappa shape index (κ2) is 8.47. The summed E-state index contributed by atoms with van der Waals surface area (Å²) < 4.78 is 28.7. The van der Waals surface area contributed by atoms with Crippen molar-refractivity contribution >= 4 is 43.7 Å². The molecule has 1 aliphatic rings. The summed E-state index contributed by atoms with van der Waals surface area (Å²) in [5.74, 6) is 0.651. The Labute approximate surface area is 187 Å². The van der Waals surface area contributed by atoms with Gasteiger partial charge in [-0.15, -0.1) is 5.10 Å². The van der Waals surface area contributed by atoms with E-state index in [0.717, 1.165) is 29.9 Å². The third-order valence-corrected chi connectivity index (χ3v) is 7.00. The number of rotatable bonds is 6. The lowest BCUT2D eigenvalue weighted by Gasteiger charge is -2.17. The Bertz CT molecular complexity index is 1350. The van der Waals surface area contributed by atoms with Gasteiger partial charge in [-0.3, -0.25) is 4.72 Å². The highest BCUT2D eigenvalue weighted by Gasteiger charge is 2.17. The minimum Gasteiger partial charge on any atom is -0.370 e. The van der Waals surface area contributed by atoms with Crippen LogP contribution in [0.3, 0.4) is 0 Å². The number of hydrogen-bond donors (Lipinski definition) is 2. The van der Waals surface area contributed by atoms with Crippen LogP contribution in [0, 0.1) is 0 Å². The van der Waals surface area contributed by atoms with Crippen molar-refractivity contribution in [3.8, 4) is 0 Å². The Kier molecular flexibility index (Phi) is 5.36. The van der Waals surface area contributed by atoms with Crippen LogP contribution in [0.5, 0.6) is 0 Å². The molecular formula is C24H23N5O2S. The molecule has 3 aromatic carbocycles. The molecule has 7 nitrogen and oxygen atoms in total. The van der Waals surface area contributed by atoms with Gasteiger partial charge in [0.05, 0.1) is 16.8 Å². The smallest absolute Gasteiger partial charge is 0.262 e. The number of hydrogen-bond acceptors (Lipinski definition) is 6. The molecule has 0 spiro atoms. The van der Waals surface area contributed by atoms with Gasteiger partial charge in [0.2, 0.25) is 0 Å². The minimum absolute atomic E-state index is 0.256. The van der Waals surface area contributed by atoms with Crippen molar-refractivity contribution in [2.75, 3.05) is 28.0 Å². The summed E-state index contributed by atoms with van der Waals surface area (Å²) in [6, 6.07) is 21.8. The summed E-state index contributed by atoms with van der Waals surface area (Å²) in [5.41, 5.74) is 2.34. The molecule has 2 heterocycles. The van der Waals surface area contributed by atoms with Crippen LogP contribution < -0.4 is 14.9 Å². The summed E-state index contributed by atoms with van der Waals surface area (Å²) in [4.78, 5) is 2.55. The van der Waals surface area contributed by atoms with E-state index in [2.05, 4.69) is 25.1 Å². The molecule has 0 amide bonds. The molecule has 0 bridgehead atoms. The number of nitrogens with one attached hydrogen (secondary N) is 2. The number of nitrogens with zero attached hydrogens (tertiary/aromatic N) is 3.